The van der Waals surface area contributed by atoms with Crippen LogP contribution in [0.5, 0.6) is 5.75 Å². The smallest absolute Gasteiger partial charge is 0.129 e. The predicted octanol–water partition coefficient (Wildman–Crippen LogP) is 3.11. The topological polar surface area (TPSA) is 60.0 Å². The molecule has 0 aromatic heterocycles. The van der Waals surface area contributed by atoms with Crippen molar-refractivity contribution in [2.75, 3.05) is 20.2 Å². The van der Waals surface area contributed by atoms with Gasteiger partial charge in [-0.15, -0.1) is 0 Å². The molecule has 1 aromatic rings. The molecule has 21 heavy (non-hydrogen) atoms. The van der Waals surface area contributed by atoms with Crippen LogP contribution in [0.1, 0.15) is 18.4 Å². The Bertz CT molecular complexity index is 607. The molecule has 0 spiro atoms. The lowest BCUT2D eigenvalue weighted by molar-refractivity contribution is 0.414. The van der Waals surface area contributed by atoms with Gasteiger partial charge >= 0.3 is 0 Å². The van der Waals surface area contributed by atoms with Crippen molar-refractivity contribution < 1.29 is 4.74 Å². The molecule has 106 valence electrons. The van der Waals surface area contributed by atoms with Crippen LogP contribution in [0.3, 0.4) is 0 Å². The number of hydrogen-bond acceptors (Lipinski definition) is 4. The van der Waals surface area contributed by atoms with Crippen LogP contribution >= 0.6 is 0 Å². The fraction of sp³-hybridized carbons (Fsp3) is 0.294. The van der Waals surface area contributed by atoms with Crippen molar-refractivity contribution in [3.63, 3.8) is 0 Å². The summed E-state index contributed by atoms with van der Waals surface area (Å²) in [6.45, 7) is 2.00. The van der Waals surface area contributed by atoms with Crippen LogP contribution in [-0.4, -0.2) is 25.1 Å². The zero-order chi connectivity index (χ0) is 15.1. The van der Waals surface area contributed by atoms with E-state index in [1.165, 1.54) is 12.8 Å². The molecule has 1 saturated heterocycles. The summed E-state index contributed by atoms with van der Waals surface area (Å²) in [6.07, 6.45) is 5.77. The second-order valence-corrected chi connectivity index (χ2v) is 4.78. The maximum Gasteiger partial charge on any atom is 0.129 e. The van der Waals surface area contributed by atoms with Gasteiger partial charge in [0.2, 0.25) is 0 Å². The molecule has 0 unspecified atom stereocenters. The van der Waals surface area contributed by atoms with Gasteiger partial charge in [0.15, 0.2) is 0 Å². The molecule has 0 amide bonds. The van der Waals surface area contributed by atoms with Crippen LogP contribution in [-0.2, 0) is 0 Å². The number of rotatable bonds is 4. The first-order valence-electron chi connectivity index (χ1n) is 6.90. The van der Waals surface area contributed by atoms with Gasteiger partial charge in [-0.1, -0.05) is 0 Å². The quantitative estimate of drug-likeness (QED) is 0.627. The van der Waals surface area contributed by atoms with Gasteiger partial charge in [0.25, 0.3) is 0 Å². The van der Waals surface area contributed by atoms with Crippen LogP contribution in [0.25, 0.3) is 5.70 Å². The lowest BCUT2D eigenvalue weighted by Gasteiger charge is -2.21. The van der Waals surface area contributed by atoms with Crippen molar-refractivity contribution in [1.29, 1.82) is 10.5 Å². The number of ether oxygens (including phenoxy) is 1. The van der Waals surface area contributed by atoms with Crippen LogP contribution in [0.4, 0.5) is 0 Å². The maximum absolute atomic E-state index is 8.84. The fourth-order valence-corrected chi connectivity index (χ4v) is 2.37. The number of nitrogens with zero attached hydrogens (tertiary/aromatic N) is 3. The Morgan fingerprint density at radius 2 is 1.71 bits per heavy atom. The third-order valence-electron chi connectivity index (χ3n) is 3.48. The van der Waals surface area contributed by atoms with E-state index < -0.39 is 0 Å². The molecule has 0 N–H and O–H groups in total. The molecule has 1 aliphatic rings. The summed E-state index contributed by atoms with van der Waals surface area (Å²) in [5.41, 5.74) is 2.21. The van der Waals surface area contributed by atoms with Crippen molar-refractivity contribution in [3.05, 3.63) is 47.6 Å². The average Bonchev–Trinajstić information content (AvgIpc) is 3.06. The average molecular weight is 279 g/mol. The molecule has 1 aromatic carbocycles. The van der Waals surface area contributed by atoms with Gasteiger partial charge in [0.1, 0.15) is 23.5 Å². The highest BCUT2D eigenvalue weighted by molar-refractivity contribution is 5.67. The minimum Gasteiger partial charge on any atom is -0.497 e. The molecule has 1 aliphatic heterocycles. The van der Waals surface area contributed by atoms with Crippen LogP contribution in [0.2, 0.25) is 0 Å². The second kappa shape index (κ2) is 7.17. The number of allylic oxidation sites excluding steroid dienone is 3. The molecule has 2 rings (SSSR count). The molecule has 0 atom stereocenters. The van der Waals surface area contributed by atoms with Crippen LogP contribution in [0, 0.1) is 22.7 Å². The van der Waals surface area contributed by atoms with E-state index >= 15 is 0 Å². The minimum atomic E-state index is 0.111. The Morgan fingerprint density at radius 3 is 2.24 bits per heavy atom. The Kier molecular flexibility index (Phi) is 5.01. The van der Waals surface area contributed by atoms with Gasteiger partial charge in [-0.05, 0) is 54.8 Å². The third-order valence-corrected chi connectivity index (χ3v) is 3.48. The number of likely N-dealkylation sites (tertiary alicyclic amines) is 1. The molecular formula is C17H17N3O. The number of methoxy groups -OCH3 is 1. The van der Waals surface area contributed by atoms with E-state index in [1.54, 1.807) is 13.2 Å². The molecular weight excluding hydrogens is 262 g/mol. The summed E-state index contributed by atoms with van der Waals surface area (Å²) in [6, 6.07) is 11.6. The van der Waals surface area contributed by atoms with Gasteiger partial charge in [0.05, 0.1) is 7.11 Å². The first-order valence-corrected chi connectivity index (χ1v) is 6.90. The molecule has 4 heteroatoms. The summed E-state index contributed by atoms with van der Waals surface area (Å²) in [7, 11) is 1.64. The predicted molar refractivity (Wildman–Crippen MR) is 81.1 cm³/mol. The largest absolute Gasteiger partial charge is 0.497 e. The van der Waals surface area contributed by atoms with E-state index in [0.29, 0.717) is 0 Å². The van der Waals surface area contributed by atoms with Gasteiger partial charge < -0.3 is 9.64 Å². The highest BCUT2D eigenvalue weighted by Gasteiger charge is 2.16. The van der Waals surface area contributed by atoms with Crippen molar-refractivity contribution in [2.24, 2.45) is 0 Å². The standard InChI is InChI=1S/C17H17N3O/c1-21-16-7-5-15(6-8-16)17(20-10-2-3-11-20)9-4-14(12-18)13-19/h4-9H,2-3,10-11H2,1H3. The van der Waals surface area contributed by atoms with Gasteiger partial charge in [-0.25, -0.2) is 0 Å². The monoisotopic (exact) mass is 279 g/mol. The number of benzene rings is 1. The van der Waals surface area contributed by atoms with Crippen molar-refractivity contribution in [3.8, 4) is 17.9 Å². The van der Waals surface area contributed by atoms with E-state index in [1.807, 2.05) is 42.5 Å². The summed E-state index contributed by atoms with van der Waals surface area (Å²) in [5.74, 6) is 0.810. The molecule has 4 nitrogen and oxygen atoms in total. The first kappa shape index (κ1) is 14.7. The summed E-state index contributed by atoms with van der Waals surface area (Å²) < 4.78 is 5.18. The highest BCUT2D eigenvalue weighted by Crippen LogP contribution is 2.25. The molecule has 1 heterocycles. The van der Waals surface area contributed by atoms with Gasteiger partial charge in [-0.3, -0.25) is 0 Å². The lowest BCUT2D eigenvalue weighted by Crippen LogP contribution is -2.17. The van der Waals surface area contributed by atoms with E-state index in [4.69, 9.17) is 15.3 Å². The zero-order valence-electron chi connectivity index (χ0n) is 12.0. The fourth-order valence-electron chi connectivity index (χ4n) is 2.37. The van der Waals surface area contributed by atoms with Crippen LogP contribution < -0.4 is 4.74 Å². The van der Waals surface area contributed by atoms with Gasteiger partial charge in [0, 0.05) is 18.8 Å². The van der Waals surface area contributed by atoms with Crippen LogP contribution in [0.15, 0.2) is 42.0 Å². The zero-order valence-corrected chi connectivity index (χ0v) is 12.0. The molecule has 0 aliphatic carbocycles. The number of hydrogen-bond donors (Lipinski definition) is 0. The second-order valence-electron chi connectivity index (χ2n) is 4.78. The summed E-state index contributed by atoms with van der Waals surface area (Å²) in [5, 5.41) is 17.7. The normalized spacial score (nSPS) is 14.2. The molecule has 0 saturated carbocycles. The van der Waals surface area contributed by atoms with Crippen molar-refractivity contribution in [2.45, 2.75) is 12.8 Å². The number of nitriles is 2. The molecule has 1 fully saturated rings. The van der Waals surface area contributed by atoms with E-state index in [-0.39, 0.29) is 5.57 Å². The lowest BCUT2D eigenvalue weighted by atomic mass is 10.1. The minimum absolute atomic E-state index is 0.111. The first-order chi connectivity index (χ1) is 10.3. The Hall–Kier alpha value is -2.72. The summed E-state index contributed by atoms with van der Waals surface area (Å²) in [4.78, 5) is 2.28. The Morgan fingerprint density at radius 1 is 1.10 bits per heavy atom. The van der Waals surface area contributed by atoms with E-state index in [0.717, 1.165) is 30.1 Å². The third kappa shape index (κ3) is 3.64. The Labute approximate surface area is 125 Å². The SMILES string of the molecule is COc1ccc(C(=CC=C(C#N)C#N)N2CCCC2)cc1. The van der Waals surface area contributed by atoms with Crippen molar-refractivity contribution in [1.82, 2.24) is 4.90 Å². The van der Waals surface area contributed by atoms with E-state index in [9.17, 15) is 0 Å². The van der Waals surface area contributed by atoms with Crippen molar-refractivity contribution >= 4 is 5.70 Å². The maximum atomic E-state index is 8.84. The molecule has 0 bridgehead atoms. The van der Waals surface area contributed by atoms with Gasteiger partial charge in [-0.2, -0.15) is 10.5 Å². The Balaban J connectivity index is 2.36. The molecule has 0 radical (unpaired) electrons. The summed E-state index contributed by atoms with van der Waals surface area (Å²) >= 11 is 0. The van der Waals surface area contributed by atoms with E-state index in [2.05, 4.69) is 4.90 Å². The highest BCUT2D eigenvalue weighted by atomic mass is 16.5.